The Morgan fingerprint density at radius 2 is 2.15 bits per heavy atom. The number of rotatable bonds is 5. The SMILES string of the molecule is COC[C@H](C)NC(=O)c1nnn(-c2ccc(F)cc2)n1. The highest BCUT2D eigenvalue weighted by Gasteiger charge is 2.15. The standard InChI is InChI=1S/C12H14FN5O2/c1-8(7-20-2)14-12(19)11-15-17-18(16-11)10-5-3-9(13)4-6-10/h3-6,8H,7H2,1-2H3,(H,14,19)/t8-/m0/s1. The maximum atomic E-state index is 12.8. The lowest BCUT2D eigenvalue weighted by Crippen LogP contribution is -2.36. The van der Waals surface area contributed by atoms with Crippen LogP contribution in [0.4, 0.5) is 4.39 Å². The fraction of sp³-hybridized carbons (Fsp3) is 0.333. The first kappa shape index (κ1) is 14.1. The van der Waals surface area contributed by atoms with Gasteiger partial charge in [-0.3, -0.25) is 4.79 Å². The Bertz CT molecular complexity index is 584. The maximum Gasteiger partial charge on any atom is 0.293 e. The smallest absolute Gasteiger partial charge is 0.293 e. The minimum Gasteiger partial charge on any atom is -0.383 e. The Hall–Kier alpha value is -2.35. The zero-order valence-electron chi connectivity index (χ0n) is 11.1. The number of carbonyl (C=O) groups excluding carboxylic acids is 1. The number of hydrogen-bond acceptors (Lipinski definition) is 5. The van der Waals surface area contributed by atoms with Gasteiger partial charge in [-0.25, -0.2) is 4.39 Å². The van der Waals surface area contributed by atoms with Gasteiger partial charge in [0.15, 0.2) is 0 Å². The van der Waals surface area contributed by atoms with Gasteiger partial charge in [0, 0.05) is 13.2 Å². The number of tetrazole rings is 1. The third-order valence-electron chi connectivity index (χ3n) is 2.47. The van der Waals surface area contributed by atoms with Crippen molar-refractivity contribution in [3.05, 3.63) is 35.9 Å². The molecule has 2 rings (SSSR count). The molecule has 0 aliphatic heterocycles. The average Bonchev–Trinajstić information content (AvgIpc) is 2.89. The summed E-state index contributed by atoms with van der Waals surface area (Å²) in [6, 6.07) is 5.38. The van der Waals surface area contributed by atoms with Crippen molar-refractivity contribution < 1.29 is 13.9 Å². The Balaban J connectivity index is 2.08. The van der Waals surface area contributed by atoms with Crippen LogP contribution in [0.5, 0.6) is 0 Å². The van der Waals surface area contributed by atoms with Crippen LogP contribution in [0.25, 0.3) is 5.69 Å². The molecule has 0 spiro atoms. The number of nitrogens with one attached hydrogen (secondary N) is 1. The van der Waals surface area contributed by atoms with Crippen molar-refractivity contribution in [2.24, 2.45) is 0 Å². The Labute approximate surface area is 114 Å². The van der Waals surface area contributed by atoms with E-state index in [1.807, 2.05) is 0 Å². The van der Waals surface area contributed by atoms with Crippen molar-refractivity contribution in [3.63, 3.8) is 0 Å². The highest BCUT2D eigenvalue weighted by atomic mass is 19.1. The summed E-state index contributed by atoms with van der Waals surface area (Å²) < 4.78 is 17.7. The number of ether oxygens (including phenoxy) is 1. The molecule has 8 heteroatoms. The Morgan fingerprint density at radius 1 is 1.45 bits per heavy atom. The van der Waals surface area contributed by atoms with Crippen LogP contribution in [0.15, 0.2) is 24.3 Å². The van der Waals surface area contributed by atoms with Gasteiger partial charge in [0.05, 0.1) is 12.3 Å². The number of halogens is 1. The molecule has 0 saturated heterocycles. The summed E-state index contributed by atoms with van der Waals surface area (Å²) in [5.41, 5.74) is 0.517. The number of carbonyl (C=O) groups is 1. The van der Waals surface area contributed by atoms with Crippen molar-refractivity contribution in [3.8, 4) is 5.69 Å². The molecular weight excluding hydrogens is 265 g/mol. The lowest BCUT2D eigenvalue weighted by atomic mass is 10.3. The molecule has 106 valence electrons. The van der Waals surface area contributed by atoms with E-state index in [-0.39, 0.29) is 17.7 Å². The van der Waals surface area contributed by atoms with Crippen LogP contribution >= 0.6 is 0 Å². The molecule has 1 N–H and O–H groups in total. The first-order valence-electron chi connectivity index (χ1n) is 5.96. The fourth-order valence-electron chi connectivity index (χ4n) is 1.57. The van der Waals surface area contributed by atoms with Crippen molar-refractivity contribution in [1.29, 1.82) is 0 Å². The van der Waals surface area contributed by atoms with Gasteiger partial charge >= 0.3 is 0 Å². The average molecular weight is 279 g/mol. The Kier molecular flexibility index (Phi) is 4.36. The highest BCUT2D eigenvalue weighted by molar-refractivity contribution is 5.90. The molecule has 1 heterocycles. The minimum absolute atomic E-state index is 0.0581. The van der Waals surface area contributed by atoms with Crippen LogP contribution in [-0.2, 0) is 4.74 Å². The molecule has 1 amide bonds. The fourth-order valence-corrected chi connectivity index (χ4v) is 1.57. The molecule has 0 aliphatic carbocycles. The normalized spacial score (nSPS) is 12.2. The zero-order valence-corrected chi connectivity index (χ0v) is 11.1. The van der Waals surface area contributed by atoms with Crippen LogP contribution in [0.3, 0.4) is 0 Å². The van der Waals surface area contributed by atoms with Crippen LogP contribution in [0, 0.1) is 5.82 Å². The highest BCUT2D eigenvalue weighted by Crippen LogP contribution is 2.06. The van der Waals surface area contributed by atoms with Crippen molar-refractivity contribution in [2.75, 3.05) is 13.7 Å². The van der Waals surface area contributed by atoms with E-state index < -0.39 is 5.91 Å². The zero-order chi connectivity index (χ0) is 14.5. The second kappa shape index (κ2) is 6.20. The molecule has 2 aromatic rings. The first-order valence-corrected chi connectivity index (χ1v) is 5.96. The predicted octanol–water partition coefficient (Wildman–Crippen LogP) is 0.566. The molecule has 0 fully saturated rings. The van der Waals surface area contributed by atoms with Crippen LogP contribution in [-0.4, -0.2) is 45.9 Å². The molecule has 1 aromatic carbocycles. The molecule has 20 heavy (non-hydrogen) atoms. The monoisotopic (exact) mass is 279 g/mol. The van der Waals surface area contributed by atoms with Gasteiger partial charge < -0.3 is 10.1 Å². The van der Waals surface area contributed by atoms with E-state index in [2.05, 4.69) is 20.7 Å². The van der Waals surface area contributed by atoms with Crippen molar-refractivity contribution >= 4 is 5.91 Å². The minimum atomic E-state index is -0.442. The molecule has 7 nitrogen and oxygen atoms in total. The number of hydrogen-bond donors (Lipinski definition) is 1. The van der Waals surface area contributed by atoms with Gasteiger partial charge in [-0.05, 0) is 36.4 Å². The Morgan fingerprint density at radius 3 is 2.80 bits per heavy atom. The second-order valence-electron chi connectivity index (χ2n) is 4.21. The maximum absolute atomic E-state index is 12.8. The predicted molar refractivity (Wildman–Crippen MR) is 67.9 cm³/mol. The van der Waals surface area contributed by atoms with E-state index in [4.69, 9.17) is 4.74 Å². The van der Waals surface area contributed by atoms with Crippen molar-refractivity contribution in [1.82, 2.24) is 25.5 Å². The number of benzene rings is 1. The summed E-state index contributed by atoms with van der Waals surface area (Å²) in [6.45, 7) is 2.18. The second-order valence-corrected chi connectivity index (χ2v) is 4.21. The lowest BCUT2D eigenvalue weighted by molar-refractivity contribution is 0.0895. The van der Waals surface area contributed by atoms with Crippen LogP contribution in [0.1, 0.15) is 17.5 Å². The quantitative estimate of drug-likeness (QED) is 0.865. The molecule has 1 atom stereocenters. The molecule has 0 saturated carbocycles. The molecule has 0 aliphatic rings. The third-order valence-corrected chi connectivity index (χ3v) is 2.47. The first-order chi connectivity index (χ1) is 9.60. The number of aromatic nitrogens is 4. The summed E-state index contributed by atoms with van der Waals surface area (Å²) in [5, 5.41) is 14.0. The summed E-state index contributed by atoms with van der Waals surface area (Å²) in [6.07, 6.45) is 0. The van der Waals surface area contributed by atoms with Crippen LogP contribution < -0.4 is 5.32 Å². The summed E-state index contributed by atoms with van der Waals surface area (Å²) in [7, 11) is 1.55. The summed E-state index contributed by atoms with van der Waals surface area (Å²) in [5.74, 6) is -0.861. The van der Waals surface area contributed by atoms with E-state index in [9.17, 15) is 9.18 Å². The van der Waals surface area contributed by atoms with E-state index in [1.54, 1.807) is 14.0 Å². The summed E-state index contributed by atoms with van der Waals surface area (Å²) >= 11 is 0. The molecule has 0 radical (unpaired) electrons. The van der Waals surface area contributed by atoms with Crippen molar-refractivity contribution in [2.45, 2.75) is 13.0 Å². The van der Waals surface area contributed by atoms with E-state index in [0.29, 0.717) is 12.3 Å². The van der Waals surface area contributed by atoms with Crippen LogP contribution in [0.2, 0.25) is 0 Å². The molecule has 1 aromatic heterocycles. The molecule has 0 unspecified atom stereocenters. The topological polar surface area (TPSA) is 81.9 Å². The number of nitrogens with zero attached hydrogens (tertiary/aromatic N) is 4. The molecule has 0 bridgehead atoms. The summed E-state index contributed by atoms with van der Waals surface area (Å²) in [4.78, 5) is 13.0. The number of methoxy groups -OCH3 is 1. The number of amides is 1. The van der Waals surface area contributed by atoms with Gasteiger partial charge in [0.1, 0.15) is 5.82 Å². The van der Waals surface area contributed by atoms with Gasteiger partial charge in [0.25, 0.3) is 11.7 Å². The molecular formula is C12H14FN5O2. The lowest BCUT2D eigenvalue weighted by Gasteiger charge is -2.10. The largest absolute Gasteiger partial charge is 0.383 e. The van der Waals surface area contributed by atoms with Gasteiger partial charge in [-0.15, -0.1) is 15.0 Å². The van der Waals surface area contributed by atoms with Gasteiger partial charge in [0.2, 0.25) is 0 Å². The van der Waals surface area contributed by atoms with E-state index in [0.717, 1.165) is 4.80 Å². The van der Waals surface area contributed by atoms with Gasteiger partial charge in [-0.2, -0.15) is 0 Å². The van der Waals surface area contributed by atoms with Gasteiger partial charge in [-0.1, -0.05) is 0 Å². The van der Waals surface area contributed by atoms with E-state index >= 15 is 0 Å². The third kappa shape index (κ3) is 3.35. The van der Waals surface area contributed by atoms with E-state index in [1.165, 1.54) is 24.3 Å².